The van der Waals surface area contributed by atoms with E-state index in [1.807, 2.05) is 29.2 Å². The molecule has 30 heavy (non-hydrogen) atoms. The maximum absolute atomic E-state index is 12.6. The zero-order valence-electron chi connectivity index (χ0n) is 17.7. The average molecular weight is 418 g/mol. The van der Waals surface area contributed by atoms with Crippen LogP contribution in [0.3, 0.4) is 0 Å². The van der Waals surface area contributed by atoms with Crippen LogP contribution in [0.1, 0.15) is 5.56 Å². The average Bonchev–Trinajstić information content (AvgIpc) is 2.79. The summed E-state index contributed by atoms with van der Waals surface area (Å²) < 4.78 is 16.4. The molecule has 0 unspecified atom stereocenters. The molecular formula is C22H31N3O5. The molecule has 0 atom stereocenters. The molecule has 2 fully saturated rings. The van der Waals surface area contributed by atoms with Gasteiger partial charge in [0.2, 0.25) is 5.91 Å². The van der Waals surface area contributed by atoms with Crippen LogP contribution in [0.2, 0.25) is 0 Å². The van der Waals surface area contributed by atoms with Crippen LogP contribution in [0.5, 0.6) is 11.5 Å². The quantitative estimate of drug-likeness (QED) is 0.583. The maximum Gasteiger partial charge on any atom is 0.260 e. The summed E-state index contributed by atoms with van der Waals surface area (Å²) in [6.07, 6.45) is 2.56. The van der Waals surface area contributed by atoms with E-state index in [0.717, 1.165) is 25.1 Å². The summed E-state index contributed by atoms with van der Waals surface area (Å²) in [4.78, 5) is 30.7. The number of allylic oxidation sites excluding steroid dienone is 1. The van der Waals surface area contributed by atoms with E-state index in [-0.39, 0.29) is 18.4 Å². The predicted octanol–water partition coefficient (Wildman–Crippen LogP) is 0.806. The first-order valence-corrected chi connectivity index (χ1v) is 10.4. The molecule has 0 N–H and O–H groups in total. The minimum atomic E-state index is -0.0903. The summed E-state index contributed by atoms with van der Waals surface area (Å²) in [5.74, 6) is 1.16. The van der Waals surface area contributed by atoms with E-state index in [2.05, 4.69) is 11.5 Å². The third-order valence-electron chi connectivity index (χ3n) is 5.41. The van der Waals surface area contributed by atoms with E-state index in [1.165, 1.54) is 0 Å². The second-order valence-corrected chi connectivity index (χ2v) is 7.42. The fourth-order valence-corrected chi connectivity index (χ4v) is 3.61. The lowest BCUT2D eigenvalue weighted by Crippen LogP contribution is -2.54. The minimum absolute atomic E-state index is 0.0567. The van der Waals surface area contributed by atoms with E-state index in [1.54, 1.807) is 12.0 Å². The molecule has 1 aromatic carbocycles. The molecule has 3 rings (SSSR count). The van der Waals surface area contributed by atoms with Gasteiger partial charge in [-0.25, -0.2) is 0 Å². The van der Waals surface area contributed by atoms with Crippen LogP contribution in [0.15, 0.2) is 30.9 Å². The first kappa shape index (κ1) is 22.1. The van der Waals surface area contributed by atoms with Crippen molar-refractivity contribution in [2.75, 3.05) is 72.7 Å². The highest BCUT2D eigenvalue weighted by atomic mass is 16.5. The highest BCUT2D eigenvalue weighted by molar-refractivity contribution is 5.80. The Morgan fingerprint density at radius 1 is 1.03 bits per heavy atom. The summed E-state index contributed by atoms with van der Waals surface area (Å²) >= 11 is 0. The van der Waals surface area contributed by atoms with Gasteiger partial charge in [0, 0.05) is 39.3 Å². The summed E-state index contributed by atoms with van der Waals surface area (Å²) in [5, 5.41) is 0. The number of hydrogen-bond donors (Lipinski definition) is 0. The SMILES string of the molecule is C=CCc1ccc(OCC(=O)N2CCN(C(=O)CN3CCOCC3)CC2)c(OC)c1. The molecule has 8 heteroatoms. The van der Waals surface area contributed by atoms with Crippen LogP contribution in [0, 0.1) is 0 Å². The van der Waals surface area contributed by atoms with Crippen LogP contribution in [0.25, 0.3) is 0 Å². The van der Waals surface area contributed by atoms with Gasteiger partial charge < -0.3 is 24.0 Å². The van der Waals surface area contributed by atoms with Gasteiger partial charge in [-0.2, -0.15) is 0 Å². The molecule has 1 aromatic rings. The zero-order chi connectivity index (χ0) is 21.3. The molecule has 0 aromatic heterocycles. The number of ether oxygens (including phenoxy) is 3. The predicted molar refractivity (Wildman–Crippen MR) is 113 cm³/mol. The number of carbonyl (C=O) groups is 2. The largest absolute Gasteiger partial charge is 0.493 e. The number of rotatable bonds is 8. The molecule has 0 spiro atoms. The molecule has 2 aliphatic rings. The molecule has 2 aliphatic heterocycles. The van der Waals surface area contributed by atoms with Crippen LogP contribution in [-0.4, -0.2) is 99.3 Å². The van der Waals surface area contributed by atoms with E-state index in [0.29, 0.717) is 57.4 Å². The summed E-state index contributed by atoms with van der Waals surface area (Å²) in [6.45, 7) is 9.18. The Bertz CT molecular complexity index is 740. The lowest BCUT2D eigenvalue weighted by molar-refractivity contribution is -0.141. The van der Waals surface area contributed by atoms with E-state index >= 15 is 0 Å². The maximum atomic E-state index is 12.6. The molecule has 8 nitrogen and oxygen atoms in total. The normalized spacial score (nSPS) is 17.5. The summed E-state index contributed by atoms with van der Waals surface area (Å²) in [6, 6.07) is 5.64. The highest BCUT2D eigenvalue weighted by Gasteiger charge is 2.26. The van der Waals surface area contributed by atoms with Crippen LogP contribution >= 0.6 is 0 Å². The Labute approximate surface area is 178 Å². The van der Waals surface area contributed by atoms with Crippen LogP contribution in [0.4, 0.5) is 0 Å². The smallest absolute Gasteiger partial charge is 0.260 e. The number of methoxy groups -OCH3 is 1. The van der Waals surface area contributed by atoms with Gasteiger partial charge >= 0.3 is 0 Å². The van der Waals surface area contributed by atoms with Crippen molar-refractivity contribution >= 4 is 11.8 Å². The monoisotopic (exact) mass is 417 g/mol. The van der Waals surface area contributed by atoms with Crippen molar-refractivity contribution in [3.8, 4) is 11.5 Å². The Morgan fingerprint density at radius 2 is 1.70 bits per heavy atom. The Kier molecular flexibility index (Phi) is 8.10. The van der Waals surface area contributed by atoms with Gasteiger partial charge in [-0.3, -0.25) is 14.5 Å². The number of nitrogens with zero attached hydrogens (tertiary/aromatic N) is 3. The van der Waals surface area contributed by atoms with Gasteiger partial charge in [-0.15, -0.1) is 6.58 Å². The van der Waals surface area contributed by atoms with Crippen LogP contribution < -0.4 is 9.47 Å². The fourth-order valence-electron chi connectivity index (χ4n) is 3.61. The molecule has 0 saturated carbocycles. The summed E-state index contributed by atoms with van der Waals surface area (Å²) in [7, 11) is 1.58. The number of morpholine rings is 1. The van der Waals surface area contributed by atoms with Crippen molar-refractivity contribution in [3.63, 3.8) is 0 Å². The van der Waals surface area contributed by atoms with E-state index in [4.69, 9.17) is 14.2 Å². The van der Waals surface area contributed by atoms with Crippen molar-refractivity contribution in [3.05, 3.63) is 36.4 Å². The lowest BCUT2D eigenvalue weighted by Gasteiger charge is -2.36. The Hall–Kier alpha value is -2.58. The molecule has 0 radical (unpaired) electrons. The molecule has 2 amide bonds. The standard InChI is InChI=1S/C22H31N3O5/c1-3-4-18-5-6-19(20(15-18)28-2)30-17-22(27)25-9-7-24(8-10-25)21(26)16-23-11-13-29-14-12-23/h3,5-6,15H,1,4,7-14,16-17H2,2H3. The second-order valence-electron chi connectivity index (χ2n) is 7.42. The molecule has 2 heterocycles. The van der Waals surface area contributed by atoms with Crippen molar-refractivity contribution < 1.29 is 23.8 Å². The Balaban J connectivity index is 1.44. The minimum Gasteiger partial charge on any atom is -0.493 e. The molecule has 0 bridgehead atoms. The molecule has 164 valence electrons. The van der Waals surface area contributed by atoms with E-state index in [9.17, 15) is 9.59 Å². The van der Waals surface area contributed by atoms with Gasteiger partial charge in [0.15, 0.2) is 18.1 Å². The van der Waals surface area contributed by atoms with Crippen molar-refractivity contribution in [1.29, 1.82) is 0 Å². The van der Waals surface area contributed by atoms with Gasteiger partial charge in [0.05, 0.1) is 26.9 Å². The van der Waals surface area contributed by atoms with Gasteiger partial charge in [-0.1, -0.05) is 12.1 Å². The van der Waals surface area contributed by atoms with Gasteiger partial charge in [0.1, 0.15) is 0 Å². The second kappa shape index (κ2) is 11.0. The number of amides is 2. The first-order chi connectivity index (χ1) is 14.6. The van der Waals surface area contributed by atoms with E-state index < -0.39 is 0 Å². The molecule has 2 saturated heterocycles. The summed E-state index contributed by atoms with van der Waals surface area (Å²) in [5.41, 5.74) is 1.07. The lowest BCUT2D eigenvalue weighted by atomic mass is 10.1. The third kappa shape index (κ3) is 5.96. The van der Waals surface area contributed by atoms with Gasteiger partial charge in [0.25, 0.3) is 5.91 Å². The number of piperazine rings is 1. The fraction of sp³-hybridized carbons (Fsp3) is 0.545. The number of carbonyl (C=O) groups excluding carboxylic acids is 2. The topological polar surface area (TPSA) is 71.6 Å². The van der Waals surface area contributed by atoms with Crippen LogP contribution in [-0.2, 0) is 20.7 Å². The number of hydrogen-bond acceptors (Lipinski definition) is 6. The molecule has 0 aliphatic carbocycles. The van der Waals surface area contributed by atoms with Crippen molar-refractivity contribution in [2.24, 2.45) is 0 Å². The zero-order valence-corrected chi connectivity index (χ0v) is 17.7. The van der Waals surface area contributed by atoms with Gasteiger partial charge in [-0.05, 0) is 24.1 Å². The Morgan fingerprint density at radius 3 is 2.33 bits per heavy atom. The van der Waals surface area contributed by atoms with Crippen molar-refractivity contribution in [1.82, 2.24) is 14.7 Å². The van der Waals surface area contributed by atoms with Crippen molar-refractivity contribution in [2.45, 2.75) is 6.42 Å². The highest BCUT2D eigenvalue weighted by Crippen LogP contribution is 2.28. The first-order valence-electron chi connectivity index (χ1n) is 10.4. The number of benzene rings is 1. The third-order valence-corrected chi connectivity index (χ3v) is 5.41. The molecular weight excluding hydrogens is 386 g/mol.